The van der Waals surface area contributed by atoms with E-state index in [-0.39, 0.29) is 0 Å². The van der Waals surface area contributed by atoms with Crippen LogP contribution < -0.4 is 5.32 Å². The van der Waals surface area contributed by atoms with Gasteiger partial charge in [-0.3, -0.25) is 4.90 Å². The maximum atomic E-state index is 3.81. The first-order valence-electron chi connectivity index (χ1n) is 8.73. The van der Waals surface area contributed by atoms with E-state index in [1.165, 1.54) is 38.9 Å². The van der Waals surface area contributed by atoms with Crippen LogP contribution in [0.3, 0.4) is 0 Å². The quantitative estimate of drug-likeness (QED) is 0.787. The second kappa shape index (κ2) is 7.79. The summed E-state index contributed by atoms with van der Waals surface area (Å²) in [7, 11) is 0. The molecule has 3 atom stereocenters. The summed E-state index contributed by atoms with van der Waals surface area (Å²) in [6.07, 6.45) is 3.99. The fourth-order valence-electron chi connectivity index (χ4n) is 3.20. The van der Waals surface area contributed by atoms with E-state index in [2.05, 4.69) is 58.7 Å². The van der Waals surface area contributed by atoms with Gasteiger partial charge in [-0.2, -0.15) is 0 Å². The molecule has 1 rings (SSSR count). The van der Waals surface area contributed by atoms with Crippen LogP contribution in [0.4, 0.5) is 0 Å². The standard InChI is InChI=1S/C18H38N2/c1-8-15(4)16-12-19-17(18(5,6)7)13-20(16)11-9-10-14(2)3/h14-17,19H,8-13H2,1-7H3. The van der Waals surface area contributed by atoms with Gasteiger partial charge in [0.15, 0.2) is 0 Å². The second-order valence-electron chi connectivity index (χ2n) is 8.31. The summed E-state index contributed by atoms with van der Waals surface area (Å²) in [5, 5.41) is 3.81. The first kappa shape index (κ1) is 18.0. The van der Waals surface area contributed by atoms with Crippen LogP contribution in [0.2, 0.25) is 0 Å². The fourth-order valence-corrected chi connectivity index (χ4v) is 3.20. The minimum atomic E-state index is 0.358. The number of rotatable bonds is 6. The van der Waals surface area contributed by atoms with Crippen molar-refractivity contribution in [3.63, 3.8) is 0 Å². The highest BCUT2D eigenvalue weighted by Crippen LogP contribution is 2.26. The van der Waals surface area contributed by atoms with Crippen LogP contribution in [-0.4, -0.2) is 36.6 Å². The van der Waals surface area contributed by atoms with Crippen molar-refractivity contribution in [1.82, 2.24) is 10.2 Å². The highest BCUT2D eigenvalue weighted by atomic mass is 15.2. The van der Waals surface area contributed by atoms with Gasteiger partial charge in [-0.1, -0.05) is 54.9 Å². The summed E-state index contributed by atoms with van der Waals surface area (Å²) < 4.78 is 0. The van der Waals surface area contributed by atoms with Gasteiger partial charge in [0.05, 0.1) is 0 Å². The SMILES string of the molecule is CCC(C)C1CNC(C(C)(C)C)CN1CCCC(C)C. The lowest BCUT2D eigenvalue weighted by atomic mass is 9.83. The van der Waals surface area contributed by atoms with Gasteiger partial charge >= 0.3 is 0 Å². The molecule has 0 radical (unpaired) electrons. The molecule has 3 unspecified atom stereocenters. The molecule has 2 heteroatoms. The molecule has 20 heavy (non-hydrogen) atoms. The van der Waals surface area contributed by atoms with Gasteiger partial charge in [-0.05, 0) is 36.6 Å². The number of hydrogen-bond acceptors (Lipinski definition) is 2. The van der Waals surface area contributed by atoms with Crippen LogP contribution in [0.1, 0.15) is 67.7 Å². The molecule has 0 saturated carbocycles. The molecule has 0 aromatic heterocycles. The van der Waals surface area contributed by atoms with Crippen LogP contribution in [0.15, 0.2) is 0 Å². The molecule has 2 nitrogen and oxygen atoms in total. The molecule has 0 bridgehead atoms. The Hall–Kier alpha value is -0.0800. The summed E-state index contributed by atoms with van der Waals surface area (Å²) in [5.41, 5.74) is 0.358. The van der Waals surface area contributed by atoms with Crippen LogP contribution >= 0.6 is 0 Å². The van der Waals surface area contributed by atoms with E-state index in [1.54, 1.807) is 0 Å². The molecular formula is C18H38N2. The Balaban J connectivity index is 2.63. The summed E-state index contributed by atoms with van der Waals surface area (Å²) in [6.45, 7) is 20.2. The Labute approximate surface area is 127 Å². The lowest BCUT2D eigenvalue weighted by Gasteiger charge is -2.47. The Bertz CT molecular complexity index is 267. The van der Waals surface area contributed by atoms with Crippen LogP contribution in [0.25, 0.3) is 0 Å². The van der Waals surface area contributed by atoms with Crippen LogP contribution in [0, 0.1) is 17.3 Å². The minimum absolute atomic E-state index is 0.358. The Morgan fingerprint density at radius 1 is 1.20 bits per heavy atom. The van der Waals surface area contributed by atoms with Gasteiger partial charge in [0, 0.05) is 25.2 Å². The topological polar surface area (TPSA) is 15.3 Å². The van der Waals surface area contributed by atoms with E-state index in [0.717, 1.165) is 17.9 Å². The van der Waals surface area contributed by atoms with Gasteiger partial charge in [0.2, 0.25) is 0 Å². The van der Waals surface area contributed by atoms with E-state index in [1.807, 2.05) is 0 Å². The average molecular weight is 283 g/mol. The molecule has 1 heterocycles. The second-order valence-corrected chi connectivity index (χ2v) is 8.31. The summed E-state index contributed by atoms with van der Waals surface area (Å²) >= 11 is 0. The lowest BCUT2D eigenvalue weighted by molar-refractivity contribution is 0.0563. The van der Waals surface area contributed by atoms with E-state index in [0.29, 0.717) is 11.5 Å². The zero-order valence-electron chi connectivity index (χ0n) is 15.0. The third-order valence-electron chi connectivity index (χ3n) is 5.03. The predicted molar refractivity (Wildman–Crippen MR) is 90.1 cm³/mol. The first-order chi connectivity index (χ1) is 9.25. The van der Waals surface area contributed by atoms with Crippen LogP contribution in [-0.2, 0) is 0 Å². The van der Waals surface area contributed by atoms with Crippen molar-refractivity contribution in [2.24, 2.45) is 17.3 Å². The van der Waals surface area contributed by atoms with Crippen molar-refractivity contribution in [1.29, 1.82) is 0 Å². The first-order valence-corrected chi connectivity index (χ1v) is 8.73. The molecule has 1 aliphatic heterocycles. The summed E-state index contributed by atoms with van der Waals surface area (Å²) in [4.78, 5) is 2.78. The van der Waals surface area contributed by atoms with Crippen molar-refractivity contribution in [3.05, 3.63) is 0 Å². The zero-order valence-corrected chi connectivity index (χ0v) is 15.0. The smallest absolute Gasteiger partial charge is 0.0246 e. The van der Waals surface area contributed by atoms with Gasteiger partial charge in [-0.15, -0.1) is 0 Å². The molecule has 0 amide bonds. The lowest BCUT2D eigenvalue weighted by Crippen LogP contribution is -2.61. The molecule has 0 aromatic carbocycles. The highest BCUT2D eigenvalue weighted by molar-refractivity contribution is 4.93. The maximum Gasteiger partial charge on any atom is 0.0246 e. The van der Waals surface area contributed by atoms with E-state index >= 15 is 0 Å². The van der Waals surface area contributed by atoms with Crippen molar-refractivity contribution in [2.75, 3.05) is 19.6 Å². The zero-order chi connectivity index (χ0) is 15.3. The molecule has 1 N–H and O–H groups in total. The number of hydrogen-bond donors (Lipinski definition) is 1. The maximum absolute atomic E-state index is 3.81. The van der Waals surface area contributed by atoms with Gasteiger partial charge < -0.3 is 5.32 Å². The molecule has 1 aliphatic rings. The summed E-state index contributed by atoms with van der Waals surface area (Å²) in [5.74, 6) is 1.63. The van der Waals surface area contributed by atoms with Crippen molar-refractivity contribution in [3.8, 4) is 0 Å². The molecule has 1 saturated heterocycles. The minimum Gasteiger partial charge on any atom is -0.311 e. The largest absolute Gasteiger partial charge is 0.311 e. The number of nitrogens with one attached hydrogen (secondary N) is 1. The van der Waals surface area contributed by atoms with E-state index < -0.39 is 0 Å². The van der Waals surface area contributed by atoms with Crippen molar-refractivity contribution in [2.45, 2.75) is 79.8 Å². The average Bonchev–Trinajstić information content (AvgIpc) is 2.36. The third-order valence-corrected chi connectivity index (χ3v) is 5.03. The van der Waals surface area contributed by atoms with Crippen LogP contribution in [0.5, 0.6) is 0 Å². The normalized spacial score (nSPS) is 27.0. The molecule has 120 valence electrons. The third kappa shape index (κ3) is 5.37. The number of nitrogens with zero attached hydrogens (tertiary/aromatic N) is 1. The molecule has 0 aliphatic carbocycles. The molecule has 0 aromatic rings. The van der Waals surface area contributed by atoms with E-state index in [9.17, 15) is 0 Å². The number of piperazine rings is 1. The Kier molecular flexibility index (Phi) is 7.00. The monoisotopic (exact) mass is 282 g/mol. The predicted octanol–water partition coefficient (Wildman–Crippen LogP) is 4.16. The van der Waals surface area contributed by atoms with Gasteiger partial charge in [-0.25, -0.2) is 0 Å². The Morgan fingerprint density at radius 2 is 1.85 bits per heavy atom. The van der Waals surface area contributed by atoms with E-state index in [4.69, 9.17) is 0 Å². The van der Waals surface area contributed by atoms with Gasteiger partial charge in [0.1, 0.15) is 0 Å². The van der Waals surface area contributed by atoms with Crippen molar-refractivity contribution >= 4 is 0 Å². The molecular weight excluding hydrogens is 244 g/mol. The van der Waals surface area contributed by atoms with Gasteiger partial charge in [0.25, 0.3) is 0 Å². The Morgan fingerprint density at radius 3 is 2.35 bits per heavy atom. The highest BCUT2D eigenvalue weighted by Gasteiger charge is 2.35. The molecule has 1 fully saturated rings. The van der Waals surface area contributed by atoms with Crippen molar-refractivity contribution < 1.29 is 0 Å². The fraction of sp³-hybridized carbons (Fsp3) is 1.00. The summed E-state index contributed by atoms with van der Waals surface area (Å²) in [6, 6.07) is 1.35. The molecule has 0 spiro atoms.